The molecule has 0 atom stereocenters. The molecule has 0 spiro atoms. The Hall–Kier alpha value is -2.43. The summed E-state index contributed by atoms with van der Waals surface area (Å²) in [6.07, 6.45) is 1.83. The molecule has 0 amide bonds. The zero-order valence-corrected chi connectivity index (χ0v) is 11.3. The van der Waals surface area contributed by atoms with Gasteiger partial charge in [-0.25, -0.2) is 0 Å². The monoisotopic (exact) mass is 272 g/mol. The number of aryl methyl sites for hydroxylation is 1. The lowest BCUT2D eigenvalue weighted by atomic mass is 10.2. The molecular weight excluding hydrogens is 256 g/mol. The first kappa shape index (κ1) is 12.6. The topological polar surface area (TPSA) is 52.5 Å². The van der Waals surface area contributed by atoms with E-state index >= 15 is 0 Å². The Morgan fingerprint density at radius 2 is 2.05 bits per heavy atom. The fraction of sp³-hybridized carbons (Fsp3) is 0.267. The van der Waals surface area contributed by atoms with Crippen molar-refractivity contribution < 1.29 is 9.47 Å². The molecule has 20 heavy (non-hydrogen) atoms. The van der Waals surface area contributed by atoms with Crippen molar-refractivity contribution in [1.82, 2.24) is 4.57 Å². The highest BCUT2D eigenvalue weighted by atomic mass is 16.7. The zero-order chi connectivity index (χ0) is 13.9. The van der Waals surface area contributed by atoms with Crippen molar-refractivity contribution in [2.45, 2.75) is 20.0 Å². The number of aromatic nitrogens is 1. The van der Waals surface area contributed by atoms with Crippen LogP contribution in [0.3, 0.4) is 0 Å². The van der Waals surface area contributed by atoms with E-state index < -0.39 is 0 Å². The Morgan fingerprint density at radius 3 is 2.90 bits per heavy atom. The van der Waals surface area contributed by atoms with E-state index in [1.807, 2.05) is 31.3 Å². The van der Waals surface area contributed by atoms with Crippen molar-refractivity contribution in [2.24, 2.45) is 0 Å². The number of pyridine rings is 1. The number of hydrogen-bond donors (Lipinski definition) is 1. The molecule has 1 aliphatic heterocycles. The van der Waals surface area contributed by atoms with Crippen LogP contribution in [0.25, 0.3) is 0 Å². The van der Waals surface area contributed by atoms with Gasteiger partial charge in [0.15, 0.2) is 11.5 Å². The predicted molar refractivity (Wildman–Crippen MR) is 76.3 cm³/mol. The van der Waals surface area contributed by atoms with E-state index in [1.165, 1.54) is 0 Å². The van der Waals surface area contributed by atoms with Gasteiger partial charge in [0.05, 0.1) is 5.69 Å². The second kappa shape index (κ2) is 5.28. The Morgan fingerprint density at radius 1 is 1.20 bits per heavy atom. The van der Waals surface area contributed by atoms with Crippen LogP contribution in [0.1, 0.15) is 12.5 Å². The molecule has 0 bridgehead atoms. The third-order valence-electron chi connectivity index (χ3n) is 3.26. The second-order valence-electron chi connectivity index (χ2n) is 4.58. The summed E-state index contributed by atoms with van der Waals surface area (Å²) in [6, 6.07) is 9.24. The maximum Gasteiger partial charge on any atom is 0.250 e. The Labute approximate surface area is 116 Å². The van der Waals surface area contributed by atoms with Crippen LogP contribution in [0, 0.1) is 0 Å². The fourth-order valence-electron chi connectivity index (χ4n) is 2.14. The third-order valence-corrected chi connectivity index (χ3v) is 3.26. The smallest absolute Gasteiger partial charge is 0.250 e. The maximum absolute atomic E-state index is 11.5. The van der Waals surface area contributed by atoms with Crippen LogP contribution in [0.15, 0.2) is 41.3 Å². The van der Waals surface area contributed by atoms with Gasteiger partial charge in [-0.05, 0) is 30.7 Å². The quantitative estimate of drug-likeness (QED) is 0.927. The van der Waals surface area contributed by atoms with Crippen LogP contribution in [0.4, 0.5) is 5.69 Å². The van der Waals surface area contributed by atoms with E-state index in [0.29, 0.717) is 13.1 Å². The molecule has 0 saturated heterocycles. The van der Waals surface area contributed by atoms with E-state index in [2.05, 4.69) is 5.32 Å². The Bertz CT molecular complexity index is 679. The van der Waals surface area contributed by atoms with Gasteiger partial charge in [0.25, 0.3) is 5.56 Å². The van der Waals surface area contributed by atoms with Crippen molar-refractivity contribution in [3.8, 4) is 11.5 Å². The van der Waals surface area contributed by atoms with Gasteiger partial charge in [-0.1, -0.05) is 6.07 Å². The van der Waals surface area contributed by atoms with E-state index in [4.69, 9.17) is 9.47 Å². The van der Waals surface area contributed by atoms with Crippen molar-refractivity contribution in [3.63, 3.8) is 0 Å². The van der Waals surface area contributed by atoms with E-state index in [-0.39, 0.29) is 12.4 Å². The first-order valence-electron chi connectivity index (χ1n) is 6.59. The minimum atomic E-state index is 0.0149. The van der Waals surface area contributed by atoms with Crippen LogP contribution >= 0.6 is 0 Å². The van der Waals surface area contributed by atoms with Gasteiger partial charge in [0.1, 0.15) is 0 Å². The predicted octanol–water partition coefficient (Wildman–Crippen LogP) is 2.21. The molecule has 3 rings (SSSR count). The highest BCUT2D eigenvalue weighted by Crippen LogP contribution is 2.32. The highest BCUT2D eigenvalue weighted by molar-refractivity contribution is 5.46. The molecule has 104 valence electrons. The summed E-state index contributed by atoms with van der Waals surface area (Å²) in [5, 5.41) is 3.30. The molecule has 1 aromatic heterocycles. The van der Waals surface area contributed by atoms with Crippen molar-refractivity contribution in [3.05, 3.63) is 52.4 Å². The van der Waals surface area contributed by atoms with Crippen LogP contribution < -0.4 is 20.3 Å². The van der Waals surface area contributed by atoms with Crippen LogP contribution in [-0.4, -0.2) is 11.4 Å². The maximum atomic E-state index is 11.5. The zero-order valence-electron chi connectivity index (χ0n) is 11.3. The number of anilines is 1. The molecule has 5 nitrogen and oxygen atoms in total. The minimum absolute atomic E-state index is 0.0149. The summed E-state index contributed by atoms with van der Waals surface area (Å²) in [5.74, 6) is 1.57. The molecule has 5 heteroatoms. The Kier molecular flexibility index (Phi) is 3.33. The van der Waals surface area contributed by atoms with E-state index in [0.717, 1.165) is 22.7 Å². The van der Waals surface area contributed by atoms with Crippen LogP contribution in [0.5, 0.6) is 11.5 Å². The number of benzene rings is 1. The molecule has 2 heterocycles. The number of fused-ring (bicyclic) bond motifs is 1. The largest absolute Gasteiger partial charge is 0.454 e. The first-order valence-corrected chi connectivity index (χ1v) is 6.59. The van der Waals surface area contributed by atoms with Crippen LogP contribution in [0.2, 0.25) is 0 Å². The van der Waals surface area contributed by atoms with Gasteiger partial charge < -0.3 is 19.4 Å². The van der Waals surface area contributed by atoms with Gasteiger partial charge in [0.2, 0.25) is 6.79 Å². The number of hydrogen-bond acceptors (Lipinski definition) is 4. The summed E-state index contributed by atoms with van der Waals surface area (Å²) in [4.78, 5) is 11.5. The summed E-state index contributed by atoms with van der Waals surface area (Å²) in [6.45, 7) is 3.56. The lowest BCUT2D eigenvalue weighted by Crippen LogP contribution is -2.17. The molecule has 0 fully saturated rings. The molecule has 0 saturated carbocycles. The SMILES string of the molecule is CCn1cc(NCc2ccc3c(c2)OCO3)ccc1=O. The van der Waals surface area contributed by atoms with Crippen molar-refractivity contribution in [2.75, 3.05) is 12.1 Å². The first-order chi connectivity index (χ1) is 9.76. The standard InChI is InChI=1S/C15H16N2O3/c1-2-17-9-12(4-6-15(17)18)16-8-11-3-5-13-14(7-11)20-10-19-13/h3-7,9,16H,2,8,10H2,1H3. The molecule has 0 unspecified atom stereocenters. The fourth-order valence-corrected chi connectivity index (χ4v) is 2.14. The van der Waals surface area contributed by atoms with Crippen molar-refractivity contribution in [1.29, 1.82) is 0 Å². The van der Waals surface area contributed by atoms with Gasteiger partial charge in [-0.2, -0.15) is 0 Å². The lowest BCUT2D eigenvalue weighted by molar-refractivity contribution is 0.174. The molecular formula is C15H16N2O3. The van der Waals surface area contributed by atoms with Crippen LogP contribution in [-0.2, 0) is 13.1 Å². The normalized spacial score (nSPS) is 12.4. The van der Waals surface area contributed by atoms with E-state index in [9.17, 15) is 4.79 Å². The molecule has 1 aromatic carbocycles. The third kappa shape index (κ3) is 2.47. The summed E-state index contributed by atoms with van der Waals surface area (Å²) >= 11 is 0. The molecule has 2 aromatic rings. The van der Waals surface area contributed by atoms with Gasteiger partial charge in [-0.15, -0.1) is 0 Å². The number of ether oxygens (including phenoxy) is 2. The number of rotatable bonds is 4. The number of nitrogens with one attached hydrogen (secondary N) is 1. The summed E-state index contributed by atoms with van der Waals surface area (Å²) < 4.78 is 12.3. The highest BCUT2D eigenvalue weighted by Gasteiger charge is 2.12. The lowest BCUT2D eigenvalue weighted by Gasteiger charge is -2.09. The van der Waals surface area contributed by atoms with E-state index in [1.54, 1.807) is 16.7 Å². The Balaban J connectivity index is 1.72. The van der Waals surface area contributed by atoms with Gasteiger partial charge in [-0.3, -0.25) is 4.79 Å². The molecule has 0 radical (unpaired) electrons. The van der Waals surface area contributed by atoms with Gasteiger partial charge >= 0.3 is 0 Å². The molecule has 1 aliphatic rings. The number of nitrogens with zero attached hydrogens (tertiary/aromatic N) is 1. The summed E-state index contributed by atoms with van der Waals surface area (Å²) in [7, 11) is 0. The second-order valence-corrected chi connectivity index (χ2v) is 4.58. The molecule has 0 aliphatic carbocycles. The average molecular weight is 272 g/mol. The summed E-state index contributed by atoms with van der Waals surface area (Å²) in [5.41, 5.74) is 2.04. The van der Waals surface area contributed by atoms with Gasteiger partial charge in [0, 0.05) is 25.4 Å². The van der Waals surface area contributed by atoms with Crippen molar-refractivity contribution >= 4 is 5.69 Å². The minimum Gasteiger partial charge on any atom is -0.454 e. The molecule has 1 N–H and O–H groups in total. The average Bonchev–Trinajstić information content (AvgIpc) is 2.94.